The maximum Gasteiger partial charge on any atom is 0.573 e. The van der Waals surface area contributed by atoms with Crippen molar-refractivity contribution in [3.63, 3.8) is 0 Å². The summed E-state index contributed by atoms with van der Waals surface area (Å²) in [4.78, 5) is 27.1. The number of hydrogen-bond donors (Lipinski definition) is 1. The molecule has 6 nitrogen and oxygen atoms in total. The number of carbonyl (C=O) groups is 2. The van der Waals surface area contributed by atoms with Crippen molar-refractivity contribution in [3.8, 4) is 16.9 Å². The van der Waals surface area contributed by atoms with Gasteiger partial charge in [-0.25, -0.2) is 4.39 Å². The van der Waals surface area contributed by atoms with Crippen LogP contribution in [0.1, 0.15) is 5.76 Å². The van der Waals surface area contributed by atoms with Crippen molar-refractivity contribution < 1.29 is 36.3 Å². The number of halogens is 4. The Morgan fingerprint density at radius 1 is 1.17 bits per heavy atom. The Labute approximate surface area is 163 Å². The zero-order chi connectivity index (χ0) is 20.8. The van der Waals surface area contributed by atoms with Crippen LogP contribution in [0.4, 0.5) is 22.4 Å². The summed E-state index contributed by atoms with van der Waals surface area (Å²) in [5, 5.41) is 2.13. The van der Waals surface area contributed by atoms with Crippen LogP contribution in [0.15, 0.2) is 46.0 Å². The lowest BCUT2D eigenvalue weighted by molar-refractivity contribution is -0.275. The number of fused-ring (bicyclic) bond motifs is 1. The van der Waals surface area contributed by atoms with Crippen molar-refractivity contribution in [1.82, 2.24) is 10.3 Å². The highest BCUT2D eigenvalue weighted by Crippen LogP contribution is 2.35. The van der Waals surface area contributed by atoms with Gasteiger partial charge in [-0.3, -0.25) is 19.9 Å². The molecule has 11 heteroatoms. The van der Waals surface area contributed by atoms with Crippen molar-refractivity contribution in [2.24, 2.45) is 0 Å². The fourth-order valence-corrected chi connectivity index (χ4v) is 3.35. The van der Waals surface area contributed by atoms with E-state index in [1.807, 2.05) is 0 Å². The highest BCUT2D eigenvalue weighted by molar-refractivity contribution is 8.18. The number of furan rings is 1. The standard InChI is InChI=1S/C18H8F4N2O4S/c19-12-4-8(1-2-13(12)28-18(20,21)22)11-7-23-6-9-3-10(27-15(9)11)5-14-16(25)24-17(26)29-14/h1-7H,(H,24,25,26). The third-order valence-corrected chi connectivity index (χ3v) is 4.64. The molecule has 3 heterocycles. The molecule has 0 bridgehead atoms. The molecule has 1 N–H and O–H groups in total. The van der Waals surface area contributed by atoms with Gasteiger partial charge in [-0.1, -0.05) is 6.07 Å². The molecule has 0 atom stereocenters. The number of pyridine rings is 1. The lowest BCUT2D eigenvalue weighted by Gasteiger charge is -2.10. The van der Waals surface area contributed by atoms with Crippen LogP contribution in [0.3, 0.4) is 0 Å². The van der Waals surface area contributed by atoms with Crippen LogP contribution in [0, 0.1) is 5.82 Å². The number of ether oxygens (including phenoxy) is 1. The average molecular weight is 424 g/mol. The zero-order valence-electron chi connectivity index (χ0n) is 14.0. The summed E-state index contributed by atoms with van der Waals surface area (Å²) in [6.07, 6.45) is -0.813. The highest BCUT2D eigenvalue weighted by atomic mass is 32.2. The van der Waals surface area contributed by atoms with Crippen LogP contribution in [-0.4, -0.2) is 22.5 Å². The molecule has 0 radical (unpaired) electrons. The lowest BCUT2D eigenvalue weighted by Crippen LogP contribution is -2.17. The van der Waals surface area contributed by atoms with E-state index >= 15 is 0 Å². The Balaban J connectivity index is 1.73. The van der Waals surface area contributed by atoms with Gasteiger partial charge in [0.1, 0.15) is 11.3 Å². The Morgan fingerprint density at radius 2 is 1.97 bits per heavy atom. The van der Waals surface area contributed by atoms with E-state index in [9.17, 15) is 27.2 Å². The van der Waals surface area contributed by atoms with E-state index in [0.717, 1.165) is 23.9 Å². The van der Waals surface area contributed by atoms with Crippen LogP contribution >= 0.6 is 11.8 Å². The molecular formula is C18H8F4N2O4S. The number of aromatic nitrogens is 1. The maximum atomic E-state index is 14.1. The minimum atomic E-state index is -5.01. The monoisotopic (exact) mass is 424 g/mol. The van der Waals surface area contributed by atoms with Gasteiger partial charge in [-0.2, -0.15) is 0 Å². The Hall–Kier alpha value is -3.34. The first-order valence-electron chi connectivity index (χ1n) is 7.88. The average Bonchev–Trinajstić information content (AvgIpc) is 3.17. The van der Waals surface area contributed by atoms with E-state index in [2.05, 4.69) is 15.0 Å². The van der Waals surface area contributed by atoms with E-state index in [0.29, 0.717) is 10.9 Å². The Morgan fingerprint density at radius 3 is 2.62 bits per heavy atom. The zero-order valence-corrected chi connectivity index (χ0v) is 14.9. The third kappa shape index (κ3) is 3.94. The summed E-state index contributed by atoms with van der Waals surface area (Å²) in [6.45, 7) is 0. The van der Waals surface area contributed by atoms with E-state index in [1.54, 1.807) is 6.07 Å². The summed E-state index contributed by atoms with van der Waals surface area (Å²) in [5.41, 5.74) is 0.821. The second-order valence-electron chi connectivity index (χ2n) is 5.80. The third-order valence-electron chi connectivity index (χ3n) is 3.83. The van der Waals surface area contributed by atoms with Gasteiger partial charge in [0, 0.05) is 29.4 Å². The van der Waals surface area contributed by atoms with Crippen molar-refractivity contribution in [1.29, 1.82) is 0 Å². The van der Waals surface area contributed by atoms with Crippen LogP contribution in [0.5, 0.6) is 5.75 Å². The van der Waals surface area contributed by atoms with E-state index in [-0.39, 0.29) is 21.8 Å². The second-order valence-corrected chi connectivity index (χ2v) is 6.81. The molecule has 2 amide bonds. The van der Waals surface area contributed by atoms with Gasteiger partial charge in [0.2, 0.25) is 0 Å². The van der Waals surface area contributed by atoms with Gasteiger partial charge >= 0.3 is 6.36 Å². The minimum Gasteiger partial charge on any atom is -0.456 e. The molecule has 0 saturated carbocycles. The topological polar surface area (TPSA) is 81.4 Å². The maximum absolute atomic E-state index is 14.1. The van der Waals surface area contributed by atoms with Crippen LogP contribution < -0.4 is 10.1 Å². The predicted octanol–water partition coefficient (Wildman–Crippen LogP) is 4.86. The first-order valence-corrected chi connectivity index (χ1v) is 8.69. The van der Waals surface area contributed by atoms with E-state index in [4.69, 9.17) is 4.42 Å². The molecule has 3 aromatic rings. The molecule has 29 heavy (non-hydrogen) atoms. The molecule has 1 fully saturated rings. The number of rotatable bonds is 3. The number of thioether (sulfide) groups is 1. The van der Waals surface area contributed by atoms with Gasteiger partial charge in [0.25, 0.3) is 11.1 Å². The van der Waals surface area contributed by atoms with Gasteiger partial charge in [-0.15, -0.1) is 13.2 Å². The summed E-state index contributed by atoms with van der Waals surface area (Å²) in [7, 11) is 0. The predicted molar refractivity (Wildman–Crippen MR) is 95.2 cm³/mol. The molecular weight excluding hydrogens is 416 g/mol. The fourth-order valence-electron chi connectivity index (χ4n) is 2.68. The Kier molecular flexibility index (Phi) is 4.53. The van der Waals surface area contributed by atoms with Gasteiger partial charge in [0.05, 0.1) is 4.91 Å². The second kappa shape index (κ2) is 6.92. The number of imide groups is 1. The first-order chi connectivity index (χ1) is 13.7. The van der Waals surface area contributed by atoms with E-state index in [1.165, 1.54) is 24.5 Å². The van der Waals surface area contributed by atoms with Gasteiger partial charge < -0.3 is 9.15 Å². The van der Waals surface area contributed by atoms with Gasteiger partial charge in [-0.05, 0) is 35.5 Å². The van der Waals surface area contributed by atoms with Crippen molar-refractivity contribution >= 4 is 40.0 Å². The summed E-state index contributed by atoms with van der Waals surface area (Å²) >= 11 is 0.718. The molecule has 1 saturated heterocycles. The number of carbonyl (C=O) groups excluding carboxylic acids is 2. The Bertz CT molecular complexity index is 1190. The van der Waals surface area contributed by atoms with Crippen molar-refractivity contribution in [2.75, 3.05) is 0 Å². The smallest absolute Gasteiger partial charge is 0.456 e. The number of nitrogens with one attached hydrogen (secondary N) is 1. The molecule has 2 aromatic heterocycles. The van der Waals surface area contributed by atoms with Gasteiger partial charge in [0.15, 0.2) is 11.6 Å². The quantitative estimate of drug-likeness (QED) is 0.478. The number of nitrogens with zero attached hydrogens (tertiary/aromatic N) is 1. The molecule has 4 rings (SSSR count). The van der Waals surface area contributed by atoms with E-state index < -0.39 is 29.1 Å². The molecule has 148 valence electrons. The number of amides is 2. The number of alkyl halides is 3. The first kappa shape index (κ1) is 19.0. The highest BCUT2D eigenvalue weighted by Gasteiger charge is 2.32. The number of hydrogen-bond acceptors (Lipinski definition) is 6. The van der Waals surface area contributed by atoms with Crippen LogP contribution in [0.2, 0.25) is 0 Å². The summed E-state index contributed by atoms with van der Waals surface area (Å²) in [5.74, 6) is -2.47. The molecule has 0 unspecified atom stereocenters. The molecule has 1 aliphatic heterocycles. The fraction of sp³-hybridized carbons (Fsp3) is 0.0556. The van der Waals surface area contributed by atoms with Crippen molar-refractivity contribution in [2.45, 2.75) is 6.36 Å². The molecule has 0 spiro atoms. The molecule has 1 aromatic carbocycles. The summed E-state index contributed by atoms with van der Waals surface area (Å²) in [6, 6.07) is 4.53. The largest absolute Gasteiger partial charge is 0.573 e. The normalized spacial score (nSPS) is 15.9. The van der Waals surface area contributed by atoms with Crippen LogP contribution in [-0.2, 0) is 4.79 Å². The molecule has 1 aliphatic rings. The SMILES string of the molecule is O=C1NC(=O)C(=Cc2cc3cncc(-c4ccc(OC(F)(F)F)c(F)c4)c3o2)S1. The summed E-state index contributed by atoms with van der Waals surface area (Å²) < 4.78 is 60.3. The minimum absolute atomic E-state index is 0.142. The van der Waals surface area contributed by atoms with Crippen LogP contribution in [0.25, 0.3) is 28.2 Å². The van der Waals surface area contributed by atoms with Crippen molar-refractivity contribution in [3.05, 3.63) is 53.1 Å². The molecule has 0 aliphatic carbocycles. The lowest BCUT2D eigenvalue weighted by atomic mass is 10.1. The number of benzene rings is 1.